The molecule has 1 saturated carbocycles. The number of hydrogen-bond donors (Lipinski definition) is 0. The topological polar surface area (TPSA) is 82.5 Å². The van der Waals surface area contributed by atoms with Crippen LogP contribution in [0.1, 0.15) is 65.3 Å². The Kier molecular flexibility index (Phi) is 5.14. The second kappa shape index (κ2) is 7.58. The van der Waals surface area contributed by atoms with Gasteiger partial charge >= 0.3 is 5.69 Å². The molecule has 0 aromatic carbocycles. The fourth-order valence-electron chi connectivity index (χ4n) is 4.10. The molecule has 1 atom stereocenters. The monoisotopic (exact) mass is 388 g/mol. The number of amides is 1. The molecule has 4 rings (SSSR count). The highest BCUT2D eigenvalue weighted by Crippen LogP contribution is 2.37. The largest absolute Gasteiger partial charge is 0.466 e. The quantitative estimate of drug-likeness (QED) is 0.758. The second-order valence-electron chi connectivity index (χ2n) is 7.88. The first kappa shape index (κ1) is 19.0. The molecule has 8 heteroatoms. The van der Waals surface area contributed by atoms with Crippen LogP contribution in [0.25, 0.3) is 0 Å². The van der Waals surface area contributed by atoms with E-state index in [1.165, 1.54) is 4.68 Å². The zero-order valence-corrected chi connectivity index (χ0v) is 16.8. The van der Waals surface area contributed by atoms with Gasteiger partial charge in [0.25, 0.3) is 5.91 Å². The van der Waals surface area contributed by atoms with Crippen molar-refractivity contribution in [2.45, 2.75) is 58.0 Å². The molecule has 152 valence electrons. The highest BCUT2D eigenvalue weighted by molar-refractivity contribution is 5.95. The van der Waals surface area contributed by atoms with Crippen molar-refractivity contribution in [3.05, 3.63) is 39.5 Å². The molecule has 0 bridgehead atoms. The molecule has 0 spiro atoms. The molecule has 0 N–H and O–H groups in total. The van der Waals surface area contributed by atoms with Crippen LogP contribution in [0.3, 0.4) is 0 Å². The Balaban J connectivity index is 1.58. The summed E-state index contributed by atoms with van der Waals surface area (Å²) in [5.41, 5.74) is 0.572. The molecule has 3 heterocycles. The van der Waals surface area contributed by atoms with Gasteiger partial charge in [0.05, 0.1) is 18.7 Å². The van der Waals surface area contributed by atoms with Crippen molar-refractivity contribution in [2.75, 3.05) is 26.8 Å². The Bertz CT molecular complexity index is 921. The van der Waals surface area contributed by atoms with Gasteiger partial charge < -0.3 is 14.1 Å². The third-order valence-corrected chi connectivity index (χ3v) is 5.66. The summed E-state index contributed by atoms with van der Waals surface area (Å²) in [4.78, 5) is 27.7. The maximum atomic E-state index is 13.0. The summed E-state index contributed by atoms with van der Waals surface area (Å²) >= 11 is 0. The van der Waals surface area contributed by atoms with E-state index < -0.39 is 0 Å². The van der Waals surface area contributed by atoms with Gasteiger partial charge in [-0.25, -0.2) is 9.48 Å². The van der Waals surface area contributed by atoms with Crippen molar-refractivity contribution in [2.24, 2.45) is 0 Å². The van der Waals surface area contributed by atoms with Crippen LogP contribution in [0.2, 0.25) is 0 Å². The van der Waals surface area contributed by atoms with E-state index in [0.717, 1.165) is 43.8 Å². The average molecular weight is 388 g/mol. The Morgan fingerprint density at radius 1 is 1.32 bits per heavy atom. The number of ether oxygens (including phenoxy) is 1. The van der Waals surface area contributed by atoms with Crippen LogP contribution in [0.5, 0.6) is 0 Å². The van der Waals surface area contributed by atoms with Crippen LogP contribution in [0, 0.1) is 13.8 Å². The third-order valence-electron chi connectivity index (χ3n) is 5.66. The molecule has 2 aromatic heterocycles. The molecule has 1 amide bonds. The van der Waals surface area contributed by atoms with E-state index in [1.54, 1.807) is 13.2 Å². The Hall–Kier alpha value is -2.35. The van der Waals surface area contributed by atoms with Crippen LogP contribution in [-0.2, 0) is 11.3 Å². The van der Waals surface area contributed by atoms with Crippen molar-refractivity contribution < 1.29 is 13.9 Å². The number of furan rings is 1. The van der Waals surface area contributed by atoms with E-state index in [2.05, 4.69) is 5.10 Å². The summed E-state index contributed by atoms with van der Waals surface area (Å²) in [6.45, 7) is 5.88. The zero-order chi connectivity index (χ0) is 19.8. The van der Waals surface area contributed by atoms with E-state index in [1.807, 2.05) is 23.3 Å². The number of nitrogens with zero attached hydrogens (tertiary/aromatic N) is 4. The first-order valence-corrected chi connectivity index (χ1v) is 10.0. The first-order chi connectivity index (χ1) is 13.5. The number of piperidine rings is 1. The first-order valence-electron chi connectivity index (χ1n) is 10.0. The molecule has 1 saturated heterocycles. The Morgan fingerprint density at radius 2 is 2.11 bits per heavy atom. The van der Waals surface area contributed by atoms with Crippen molar-refractivity contribution in [1.82, 2.24) is 19.2 Å². The van der Waals surface area contributed by atoms with Crippen LogP contribution in [-0.4, -0.2) is 52.0 Å². The second-order valence-corrected chi connectivity index (χ2v) is 7.88. The van der Waals surface area contributed by atoms with Gasteiger partial charge in [0.15, 0.2) is 0 Å². The van der Waals surface area contributed by atoms with Crippen molar-refractivity contribution in [3.8, 4) is 0 Å². The lowest BCUT2D eigenvalue weighted by Crippen LogP contribution is -2.40. The predicted octanol–water partition coefficient (Wildman–Crippen LogP) is 2.26. The standard InChI is InChI=1S/C20H28N4O4/c1-13-11-17(14(2)28-13)19(25)22-8-4-5-15(12-22)18-21-23(9-10-27-3)20(26)24(18)16-6-7-16/h11,15-16H,4-10,12H2,1-3H3. The average Bonchev–Trinajstić information content (AvgIpc) is 3.39. The van der Waals surface area contributed by atoms with E-state index in [4.69, 9.17) is 9.15 Å². The van der Waals surface area contributed by atoms with Gasteiger partial charge in [-0.2, -0.15) is 5.10 Å². The lowest BCUT2D eigenvalue weighted by molar-refractivity contribution is 0.0701. The summed E-state index contributed by atoms with van der Waals surface area (Å²) < 4.78 is 14.0. The summed E-state index contributed by atoms with van der Waals surface area (Å²) in [5.74, 6) is 2.29. The SMILES string of the molecule is COCCn1nc(C2CCCN(C(=O)c3cc(C)oc3C)C2)n(C2CC2)c1=O. The Morgan fingerprint density at radius 3 is 2.75 bits per heavy atom. The highest BCUT2D eigenvalue weighted by Gasteiger charge is 2.35. The minimum absolute atomic E-state index is 0.00168. The summed E-state index contributed by atoms with van der Waals surface area (Å²) in [5, 5.41) is 4.65. The van der Waals surface area contributed by atoms with Crippen molar-refractivity contribution in [3.63, 3.8) is 0 Å². The number of rotatable bonds is 6. The number of aromatic nitrogens is 3. The van der Waals surface area contributed by atoms with Crippen LogP contribution < -0.4 is 5.69 Å². The fourth-order valence-corrected chi connectivity index (χ4v) is 4.10. The molecule has 2 aromatic rings. The molecule has 0 radical (unpaired) electrons. The molecule has 28 heavy (non-hydrogen) atoms. The van der Waals surface area contributed by atoms with Gasteiger partial charge in [0.2, 0.25) is 0 Å². The smallest absolute Gasteiger partial charge is 0.346 e. The van der Waals surface area contributed by atoms with Crippen LogP contribution >= 0.6 is 0 Å². The predicted molar refractivity (Wildman–Crippen MR) is 103 cm³/mol. The molecule has 2 fully saturated rings. The fraction of sp³-hybridized carbons (Fsp3) is 0.650. The molecular weight excluding hydrogens is 360 g/mol. The maximum absolute atomic E-state index is 13.0. The number of hydrogen-bond acceptors (Lipinski definition) is 5. The van der Waals surface area contributed by atoms with Gasteiger partial charge in [-0.3, -0.25) is 9.36 Å². The molecule has 2 aliphatic rings. The number of aryl methyl sites for hydroxylation is 2. The zero-order valence-electron chi connectivity index (χ0n) is 16.8. The minimum Gasteiger partial charge on any atom is -0.466 e. The minimum atomic E-state index is -0.0562. The lowest BCUT2D eigenvalue weighted by Gasteiger charge is -2.32. The van der Waals surface area contributed by atoms with Gasteiger partial charge in [-0.15, -0.1) is 0 Å². The van der Waals surface area contributed by atoms with Crippen LogP contribution in [0.15, 0.2) is 15.3 Å². The molecule has 1 unspecified atom stereocenters. The molecule has 1 aliphatic heterocycles. The van der Waals surface area contributed by atoms with Crippen molar-refractivity contribution >= 4 is 5.91 Å². The summed E-state index contributed by atoms with van der Waals surface area (Å²) in [7, 11) is 1.62. The summed E-state index contributed by atoms with van der Waals surface area (Å²) in [6, 6.07) is 2.06. The van der Waals surface area contributed by atoms with E-state index in [-0.39, 0.29) is 23.6 Å². The Labute approximate surface area is 164 Å². The third kappa shape index (κ3) is 3.53. The molecule has 8 nitrogen and oxygen atoms in total. The van der Waals surface area contributed by atoms with E-state index in [0.29, 0.717) is 31.0 Å². The molecule has 1 aliphatic carbocycles. The number of likely N-dealkylation sites (tertiary alicyclic amines) is 1. The molecular formula is C20H28N4O4. The van der Waals surface area contributed by atoms with Gasteiger partial charge in [-0.1, -0.05) is 0 Å². The van der Waals surface area contributed by atoms with Gasteiger partial charge in [-0.05, 0) is 45.6 Å². The number of carbonyl (C=O) groups excluding carboxylic acids is 1. The number of methoxy groups -OCH3 is 1. The van der Waals surface area contributed by atoms with E-state index in [9.17, 15) is 9.59 Å². The summed E-state index contributed by atoms with van der Waals surface area (Å²) in [6.07, 6.45) is 3.87. The van der Waals surface area contributed by atoms with Crippen LogP contribution in [0.4, 0.5) is 0 Å². The normalized spacial score (nSPS) is 20.0. The van der Waals surface area contributed by atoms with Gasteiger partial charge in [0, 0.05) is 32.2 Å². The van der Waals surface area contributed by atoms with Gasteiger partial charge in [0.1, 0.15) is 17.3 Å². The van der Waals surface area contributed by atoms with Crippen molar-refractivity contribution in [1.29, 1.82) is 0 Å². The lowest BCUT2D eigenvalue weighted by atomic mass is 9.96. The highest BCUT2D eigenvalue weighted by atomic mass is 16.5. The maximum Gasteiger partial charge on any atom is 0.346 e. The number of carbonyl (C=O) groups is 1. The van der Waals surface area contributed by atoms with E-state index >= 15 is 0 Å².